The fourth-order valence-electron chi connectivity index (χ4n) is 2.78. The predicted octanol–water partition coefficient (Wildman–Crippen LogP) is 2.73. The SMILES string of the molecule is CCN(CC)CCOc1ccc(C(=O)N[C@H]2CCCNC2)cc1.Cl.Cl. The zero-order valence-electron chi connectivity index (χ0n) is 15.1. The summed E-state index contributed by atoms with van der Waals surface area (Å²) in [6.45, 7) is 9.87. The smallest absolute Gasteiger partial charge is 0.251 e. The molecule has 0 radical (unpaired) electrons. The summed E-state index contributed by atoms with van der Waals surface area (Å²) in [6.07, 6.45) is 2.16. The summed E-state index contributed by atoms with van der Waals surface area (Å²) < 4.78 is 5.74. The van der Waals surface area contributed by atoms with Crippen LogP contribution in [0.5, 0.6) is 5.75 Å². The molecular formula is C18H31Cl2N3O2. The highest BCUT2D eigenvalue weighted by atomic mass is 35.5. The van der Waals surface area contributed by atoms with Gasteiger partial charge in [0.25, 0.3) is 5.91 Å². The van der Waals surface area contributed by atoms with Crippen molar-refractivity contribution in [1.82, 2.24) is 15.5 Å². The van der Waals surface area contributed by atoms with Crippen LogP contribution in [-0.4, -0.2) is 56.2 Å². The largest absolute Gasteiger partial charge is 0.492 e. The molecule has 1 aliphatic heterocycles. The van der Waals surface area contributed by atoms with Crippen LogP contribution in [0.15, 0.2) is 24.3 Å². The van der Waals surface area contributed by atoms with E-state index in [1.807, 2.05) is 24.3 Å². The number of benzene rings is 1. The van der Waals surface area contributed by atoms with Crippen LogP contribution in [0.3, 0.4) is 0 Å². The molecule has 7 heteroatoms. The molecule has 144 valence electrons. The molecule has 1 heterocycles. The number of likely N-dealkylation sites (N-methyl/N-ethyl adjacent to an activating group) is 1. The average Bonchev–Trinajstić information content (AvgIpc) is 2.60. The number of carbonyl (C=O) groups excluding carboxylic acids is 1. The molecule has 2 N–H and O–H groups in total. The standard InChI is InChI=1S/C18H29N3O2.2ClH/c1-3-21(4-2)12-13-23-17-9-7-15(8-10-17)18(22)20-16-6-5-11-19-14-16;;/h7-10,16,19H,3-6,11-14H2,1-2H3,(H,20,22);2*1H/t16-;;/m0../s1. The second kappa shape index (κ2) is 13.2. The first-order valence-corrected chi connectivity index (χ1v) is 8.69. The van der Waals surface area contributed by atoms with E-state index in [9.17, 15) is 4.79 Å². The van der Waals surface area contributed by atoms with Crippen molar-refractivity contribution in [3.8, 4) is 5.75 Å². The van der Waals surface area contributed by atoms with Gasteiger partial charge in [0.15, 0.2) is 0 Å². The van der Waals surface area contributed by atoms with Gasteiger partial charge in [-0.25, -0.2) is 0 Å². The molecular weight excluding hydrogens is 361 g/mol. The van der Waals surface area contributed by atoms with Crippen molar-refractivity contribution in [2.75, 3.05) is 39.3 Å². The predicted molar refractivity (Wildman–Crippen MR) is 108 cm³/mol. The molecule has 0 aliphatic carbocycles. The molecule has 1 amide bonds. The molecule has 5 nitrogen and oxygen atoms in total. The van der Waals surface area contributed by atoms with Crippen LogP contribution < -0.4 is 15.4 Å². The molecule has 0 aromatic heterocycles. The summed E-state index contributed by atoms with van der Waals surface area (Å²) >= 11 is 0. The molecule has 1 aromatic rings. The molecule has 0 unspecified atom stereocenters. The third-order valence-corrected chi connectivity index (χ3v) is 4.32. The summed E-state index contributed by atoms with van der Waals surface area (Å²) in [5, 5.41) is 6.38. The molecule has 1 aliphatic rings. The highest BCUT2D eigenvalue weighted by Gasteiger charge is 2.16. The molecule has 0 spiro atoms. The maximum atomic E-state index is 12.2. The van der Waals surface area contributed by atoms with Gasteiger partial charge in [-0.05, 0) is 56.7 Å². The van der Waals surface area contributed by atoms with Gasteiger partial charge in [0, 0.05) is 24.7 Å². The number of nitrogens with zero attached hydrogens (tertiary/aromatic N) is 1. The fourth-order valence-corrected chi connectivity index (χ4v) is 2.78. The second-order valence-electron chi connectivity index (χ2n) is 5.92. The third kappa shape index (κ3) is 8.27. The van der Waals surface area contributed by atoms with E-state index >= 15 is 0 Å². The topological polar surface area (TPSA) is 53.6 Å². The van der Waals surface area contributed by atoms with E-state index in [0.717, 1.165) is 51.3 Å². The van der Waals surface area contributed by atoms with E-state index in [-0.39, 0.29) is 36.8 Å². The minimum Gasteiger partial charge on any atom is -0.492 e. The lowest BCUT2D eigenvalue weighted by molar-refractivity contribution is 0.0930. The lowest BCUT2D eigenvalue weighted by atomic mass is 10.1. The van der Waals surface area contributed by atoms with Crippen LogP contribution >= 0.6 is 24.8 Å². The van der Waals surface area contributed by atoms with E-state index < -0.39 is 0 Å². The number of amides is 1. The fraction of sp³-hybridized carbons (Fsp3) is 0.611. The normalized spacial score (nSPS) is 16.5. The Kier molecular flexibility index (Phi) is 12.7. The number of hydrogen-bond donors (Lipinski definition) is 2. The number of hydrogen-bond acceptors (Lipinski definition) is 4. The third-order valence-electron chi connectivity index (χ3n) is 4.32. The number of ether oxygens (including phenoxy) is 1. The number of piperidine rings is 1. The van der Waals surface area contributed by atoms with Crippen molar-refractivity contribution in [3.63, 3.8) is 0 Å². The maximum Gasteiger partial charge on any atom is 0.251 e. The van der Waals surface area contributed by atoms with Crippen LogP contribution in [0.1, 0.15) is 37.0 Å². The Hall–Kier alpha value is -1.01. The van der Waals surface area contributed by atoms with Gasteiger partial charge in [-0.3, -0.25) is 4.79 Å². The Morgan fingerprint density at radius 3 is 2.48 bits per heavy atom. The summed E-state index contributed by atoms with van der Waals surface area (Å²) in [7, 11) is 0. The Morgan fingerprint density at radius 2 is 1.92 bits per heavy atom. The molecule has 25 heavy (non-hydrogen) atoms. The Morgan fingerprint density at radius 1 is 1.24 bits per heavy atom. The summed E-state index contributed by atoms with van der Waals surface area (Å²) in [5.74, 6) is 0.807. The molecule has 2 rings (SSSR count). The maximum absolute atomic E-state index is 12.2. The van der Waals surface area contributed by atoms with Crippen LogP contribution in [0.2, 0.25) is 0 Å². The molecule has 0 saturated carbocycles. The van der Waals surface area contributed by atoms with E-state index in [0.29, 0.717) is 12.2 Å². The first kappa shape index (κ1) is 24.0. The summed E-state index contributed by atoms with van der Waals surface area (Å²) in [4.78, 5) is 14.5. The Bertz CT molecular complexity index is 476. The monoisotopic (exact) mass is 391 g/mol. The zero-order chi connectivity index (χ0) is 16.5. The van der Waals surface area contributed by atoms with Gasteiger partial charge in [0.2, 0.25) is 0 Å². The van der Waals surface area contributed by atoms with Crippen molar-refractivity contribution in [2.24, 2.45) is 0 Å². The second-order valence-corrected chi connectivity index (χ2v) is 5.92. The molecule has 0 bridgehead atoms. The van der Waals surface area contributed by atoms with E-state index in [4.69, 9.17) is 4.74 Å². The molecule has 1 fully saturated rings. The minimum atomic E-state index is -0.00612. The van der Waals surface area contributed by atoms with Gasteiger partial charge >= 0.3 is 0 Å². The average molecular weight is 392 g/mol. The van der Waals surface area contributed by atoms with E-state index in [1.54, 1.807) is 0 Å². The van der Waals surface area contributed by atoms with Gasteiger partial charge in [0.1, 0.15) is 12.4 Å². The van der Waals surface area contributed by atoms with Crippen molar-refractivity contribution in [2.45, 2.75) is 32.7 Å². The van der Waals surface area contributed by atoms with Crippen LogP contribution in [-0.2, 0) is 0 Å². The van der Waals surface area contributed by atoms with Crippen molar-refractivity contribution < 1.29 is 9.53 Å². The Balaban J connectivity index is 0.00000288. The van der Waals surface area contributed by atoms with Gasteiger partial charge in [-0.15, -0.1) is 24.8 Å². The number of carbonyl (C=O) groups is 1. The highest BCUT2D eigenvalue weighted by Crippen LogP contribution is 2.13. The quantitative estimate of drug-likeness (QED) is 0.715. The van der Waals surface area contributed by atoms with Crippen LogP contribution in [0, 0.1) is 0 Å². The number of halogens is 2. The molecule has 1 aromatic carbocycles. The first-order valence-electron chi connectivity index (χ1n) is 8.69. The van der Waals surface area contributed by atoms with Crippen molar-refractivity contribution in [3.05, 3.63) is 29.8 Å². The minimum absolute atomic E-state index is 0. The number of nitrogens with one attached hydrogen (secondary N) is 2. The Labute approximate surface area is 163 Å². The molecule has 1 atom stereocenters. The van der Waals surface area contributed by atoms with E-state index in [1.165, 1.54) is 0 Å². The zero-order valence-corrected chi connectivity index (χ0v) is 16.8. The van der Waals surface area contributed by atoms with Gasteiger partial charge in [-0.1, -0.05) is 13.8 Å². The summed E-state index contributed by atoms with van der Waals surface area (Å²) in [6, 6.07) is 7.64. The van der Waals surface area contributed by atoms with Crippen LogP contribution in [0.25, 0.3) is 0 Å². The summed E-state index contributed by atoms with van der Waals surface area (Å²) in [5.41, 5.74) is 0.687. The van der Waals surface area contributed by atoms with Gasteiger partial charge in [-0.2, -0.15) is 0 Å². The van der Waals surface area contributed by atoms with Gasteiger partial charge < -0.3 is 20.3 Å². The number of rotatable bonds is 8. The lowest BCUT2D eigenvalue weighted by Gasteiger charge is -2.23. The van der Waals surface area contributed by atoms with Crippen LogP contribution in [0.4, 0.5) is 0 Å². The first-order chi connectivity index (χ1) is 11.2. The van der Waals surface area contributed by atoms with E-state index in [2.05, 4.69) is 29.4 Å². The highest BCUT2D eigenvalue weighted by molar-refractivity contribution is 5.94. The van der Waals surface area contributed by atoms with Crippen molar-refractivity contribution >= 4 is 30.7 Å². The van der Waals surface area contributed by atoms with Crippen molar-refractivity contribution in [1.29, 1.82) is 0 Å². The van der Waals surface area contributed by atoms with Gasteiger partial charge in [0.05, 0.1) is 0 Å². The lowest BCUT2D eigenvalue weighted by Crippen LogP contribution is -2.45. The molecule has 1 saturated heterocycles.